The molecule has 1 aromatic heterocycles. The van der Waals surface area contributed by atoms with Crippen molar-refractivity contribution >= 4 is 10.9 Å². The number of aryl methyl sites for hydroxylation is 1. The van der Waals surface area contributed by atoms with E-state index in [0.717, 1.165) is 31.7 Å². The van der Waals surface area contributed by atoms with Crippen LogP contribution in [0.25, 0.3) is 10.9 Å². The largest absolute Gasteiger partial charge is 0.494 e. The van der Waals surface area contributed by atoms with E-state index in [9.17, 15) is 0 Å². The predicted molar refractivity (Wildman–Crippen MR) is 105 cm³/mol. The zero-order valence-corrected chi connectivity index (χ0v) is 15.2. The molecule has 0 saturated carbocycles. The molecule has 0 aliphatic carbocycles. The Balaban J connectivity index is 1.88. The van der Waals surface area contributed by atoms with E-state index in [1.165, 1.54) is 22.0 Å². The van der Waals surface area contributed by atoms with E-state index in [-0.39, 0.29) is 0 Å². The summed E-state index contributed by atoms with van der Waals surface area (Å²) in [5.74, 6) is 1.23. The summed E-state index contributed by atoms with van der Waals surface area (Å²) in [6.07, 6.45) is 4.24. The molecule has 0 saturated heterocycles. The molecule has 1 unspecified atom stereocenters. The van der Waals surface area contributed by atoms with Gasteiger partial charge < -0.3 is 15.0 Å². The third-order valence-corrected chi connectivity index (χ3v) is 4.76. The minimum Gasteiger partial charge on any atom is -0.494 e. The number of nitrogens with two attached hydrogens (primary N) is 1. The topological polar surface area (TPSA) is 40.2 Å². The second kappa shape index (κ2) is 8.21. The number of benzene rings is 2. The second-order valence-corrected chi connectivity index (χ2v) is 6.52. The smallest absolute Gasteiger partial charge is 0.119 e. The Labute approximate surface area is 150 Å². The standard InChI is InChI=1S/C22H28N2O/c1-3-12-25-20-9-7-8-17(14-20)18(15-23)13-19-16-24(4-2)22-11-6-5-10-21(19)22/h5-11,14,16,18H,3-4,12-13,15,23H2,1-2H3. The fourth-order valence-corrected chi connectivity index (χ4v) is 3.43. The van der Waals surface area contributed by atoms with Crippen LogP contribution in [0.2, 0.25) is 0 Å². The Morgan fingerprint density at radius 3 is 2.68 bits per heavy atom. The van der Waals surface area contributed by atoms with Crippen LogP contribution < -0.4 is 10.5 Å². The van der Waals surface area contributed by atoms with E-state index in [1.807, 2.05) is 6.07 Å². The molecule has 0 spiro atoms. The maximum absolute atomic E-state index is 6.14. The number of hydrogen-bond acceptors (Lipinski definition) is 2. The number of hydrogen-bond donors (Lipinski definition) is 1. The van der Waals surface area contributed by atoms with Crippen LogP contribution in [0.15, 0.2) is 54.7 Å². The van der Waals surface area contributed by atoms with Gasteiger partial charge in [0.1, 0.15) is 5.75 Å². The molecule has 0 radical (unpaired) electrons. The molecule has 0 aliphatic heterocycles. The van der Waals surface area contributed by atoms with Crippen LogP contribution in [0, 0.1) is 0 Å². The summed E-state index contributed by atoms with van der Waals surface area (Å²) in [7, 11) is 0. The quantitative estimate of drug-likeness (QED) is 0.646. The van der Waals surface area contributed by atoms with Gasteiger partial charge in [-0.05, 0) is 55.6 Å². The highest BCUT2D eigenvalue weighted by molar-refractivity contribution is 5.84. The molecule has 3 heteroatoms. The number of aromatic nitrogens is 1. The highest BCUT2D eigenvalue weighted by Gasteiger charge is 2.15. The Kier molecular flexibility index (Phi) is 5.77. The van der Waals surface area contributed by atoms with Gasteiger partial charge in [0, 0.05) is 29.6 Å². The van der Waals surface area contributed by atoms with Gasteiger partial charge in [-0.3, -0.25) is 0 Å². The monoisotopic (exact) mass is 336 g/mol. The lowest BCUT2D eigenvalue weighted by atomic mass is 9.92. The molecule has 2 N–H and O–H groups in total. The molecule has 3 rings (SSSR count). The molecular formula is C22H28N2O. The van der Waals surface area contributed by atoms with Crippen LogP contribution in [0.1, 0.15) is 37.3 Å². The predicted octanol–water partition coefficient (Wildman–Crippen LogP) is 4.74. The number of rotatable bonds is 8. The zero-order chi connectivity index (χ0) is 17.6. The first-order chi connectivity index (χ1) is 12.3. The van der Waals surface area contributed by atoms with E-state index < -0.39 is 0 Å². The van der Waals surface area contributed by atoms with E-state index >= 15 is 0 Å². The van der Waals surface area contributed by atoms with Gasteiger partial charge in [-0.1, -0.05) is 37.3 Å². The van der Waals surface area contributed by atoms with Crippen molar-refractivity contribution in [2.24, 2.45) is 5.73 Å². The molecule has 0 aliphatic rings. The average molecular weight is 336 g/mol. The van der Waals surface area contributed by atoms with Gasteiger partial charge in [-0.2, -0.15) is 0 Å². The van der Waals surface area contributed by atoms with Crippen LogP contribution in [-0.2, 0) is 13.0 Å². The minimum atomic E-state index is 0.293. The summed E-state index contributed by atoms with van der Waals surface area (Å²) in [4.78, 5) is 0. The molecule has 0 amide bonds. The van der Waals surface area contributed by atoms with Gasteiger partial charge >= 0.3 is 0 Å². The maximum Gasteiger partial charge on any atom is 0.119 e. The highest BCUT2D eigenvalue weighted by atomic mass is 16.5. The van der Waals surface area contributed by atoms with E-state index in [1.54, 1.807) is 0 Å². The van der Waals surface area contributed by atoms with Crippen LogP contribution in [-0.4, -0.2) is 17.7 Å². The number of ether oxygens (including phenoxy) is 1. The number of fused-ring (bicyclic) bond motifs is 1. The van der Waals surface area contributed by atoms with E-state index in [2.05, 4.69) is 67.1 Å². The van der Waals surface area contributed by atoms with Crippen molar-refractivity contribution < 1.29 is 4.74 Å². The summed E-state index contributed by atoms with van der Waals surface area (Å²) in [5, 5.41) is 1.33. The summed E-state index contributed by atoms with van der Waals surface area (Å²) < 4.78 is 8.11. The molecule has 2 aromatic carbocycles. The van der Waals surface area contributed by atoms with E-state index in [4.69, 9.17) is 10.5 Å². The molecule has 3 nitrogen and oxygen atoms in total. The molecule has 25 heavy (non-hydrogen) atoms. The number of para-hydroxylation sites is 1. The third kappa shape index (κ3) is 3.88. The minimum absolute atomic E-state index is 0.293. The van der Waals surface area contributed by atoms with Gasteiger partial charge in [0.25, 0.3) is 0 Å². The van der Waals surface area contributed by atoms with Gasteiger partial charge in [0.15, 0.2) is 0 Å². The summed E-state index contributed by atoms with van der Waals surface area (Å²) >= 11 is 0. The lowest BCUT2D eigenvalue weighted by Crippen LogP contribution is -2.15. The summed E-state index contributed by atoms with van der Waals surface area (Å²) in [6.45, 7) is 6.67. The molecule has 3 aromatic rings. The molecule has 1 heterocycles. The number of nitrogens with zero attached hydrogens (tertiary/aromatic N) is 1. The first-order valence-corrected chi connectivity index (χ1v) is 9.26. The Hall–Kier alpha value is -2.26. The summed E-state index contributed by atoms with van der Waals surface area (Å²) in [5.41, 5.74) is 10.1. The second-order valence-electron chi connectivity index (χ2n) is 6.52. The normalized spacial score (nSPS) is 12.4. The molecule has 0 bridgehead atoms. The van der Waals surface area contributed by atoms with Crippen molar-refractivity contribution in [1.82, 2.24) is 4.57 Å². The van der Waals surface area contributed by atoms with Crippen molar-refractivity contribution in [2.45, 2.75) is 39.2 Å². The van der Waals surface area contributed by atoms with Crippen LogP contribution in [0.5, 0.6) is 5.75 Å². The third-order valence-electron chi connectivity index (χ3n) is 4.76. The Morgan fingerprint density at radius 2 is 1.92 bits per heavy atom. The van der Waals surface area contributed by atoms with Crippen LogP contribution in [0.3, 0.4) is 0 Å². The van der Waals surface area contributed by atoms with Crippen molar-refractivity contribution in [2.75, 3.05) is 13.2 Å². The average Bonchev–Trinajstić information content (AvgIpc) is 3.02. The summed E-state index contributed by atoms with van der Waals surface area (Å²) in [6, 6.07) is 17.0. The Bertz CT molecular complexity index is 822. The molecular weight excluding hydrogens is 308 g/mol. The first-order valence-electron chi connectivity index (χ1n) is 9.26. The van der Waals surface area contributed by atoms with Crippen molar-refractivity contribution in [3.63, 3.8) is 0 Å². The molecule has 132 valence electrons. The zero-order valence-electron chi connectivity index (χ0n) is 15.2. The van der Waals surface area contributed by atoms with Gasteiger partial charge in [0.2, 0.25) is 0 Å². The molecule has 0 fully saturated rings. The fraction of sp³-hybridized carbons (Fsp3) is 0.364. The maximum atomic E-state index is 6.14. The van der Waals surface area contributed by atoms with Crippen molar-refractivity contribution in [3.05, 3.63) is 65.9 Å². The SMILES string of the molecule is CCCOc1cccc(C(CN)Cc2cn(CC)c3ccccc23)c1. The van der Waals surface area contributed by atoms with Gasteiger partial charge in [-0.25, -0.2) is 0 Å². The molecule has 1 atom stereocenters. The first kappa shape index (κ1) is 17.6. The fourth-order valence-electron chi connectivity index (χ4n) is 3.43. The van der Waals surface area contributed by atoms with E-state index in [0.29, 0.717) is 12.5 Å². The Morgan fingerprint density at radius 1 is 1.08 bits per heavy atom. The van der Waals surface area contributed by atoms with Crippen molar-refractivity contribution in [3.8, 4) is 5.75 Å². The van der Waals surface area contributed by atoms with Crippen LogP contribution in [0.4, 0.5) is 0 Å². The van der Waals surface area contributed by atoms with Gasteiger partial charge in [-0.15, -0.1) is 0 Å². The van der Waals surface area contributed by atoms with Crippen molar-refractivity contribution in [1.29, 1.82) is 0 Å². The lowest BCUT2D eigenvalue weighted by Gasteiger charge is -2.16. The highest BCUT2D eigenvalue weighted by Crippen LogP contribution is 2.28. The lowest BCUT2D eigenvalue weighted by molar-refractivity contribution is 0.317. The van der Waals surface area contributed by atoms with Gasteiger partial charge in [0.05, 0.1) is 6.61 Å². The van der Waals surface area contributed by atoms with Crippen LogP contribution >= 0.6 is 0 Å².